The van der Waals surface area contributed by atoms with E-state index in [4.69, 9.17) is 16.7 Å². The lowest BCUT2D eigenvalue weighted by Gasteiger charge is -2.08. The molecule has 0 saturated carbocycles. The largest absolute Gasteiger partial charge is 0.381 e. The third-order valence-corrected chi connectivity index (χ3v) is 3.83. The van der Waals surface area contributed by atoms with Gasteiger partial charge in [-0.15, -0.1) is 0 Å². The molecule has 0 spiro atoms. The zero-order chi connectivity index (χ0) is 15.5. The maximum absolute atomic E-state index is 13.0. The SMILES string of the molecule is NS(=O)(=O)Cc1ccc(NCc2ccc(F)c(Cl)c2)cc1. The van der Waals surface area contributed by atoms with Gasteiger partial charge in [0.1, 0.15) is 5.82 Å². The van der Waals surface area contributed by atoms with Gasteiger partial charge in [-0.3, -0.25) is 0 Å². The molecule has 21 heavy (non-hydrogen) atoms. The molecule has 7 heteroatoms. The van der Waals surface area contributed by atoms with Gasteiger partial charge in [-0.1, -0.05) is 29.8 Å². The van der Waals surface area contributed by atoms with Gasteiger partial charge in [-0.05, 0) is 35.4 Å². The van der Waals surface area contributed by atoms with Crippen molar-refractivity contribution in [2.75, 3.05) is 5.32 Å². The Morgan fingerprint density at radius 1 is 1.10 bits per heavy atom. The van der Waals surface area contributed by atoms with E-state index in [0.717, 1.165) is 11.3 Å². The van der Waals surface area contributed by atoms with E-state index in [1.165, 1.54) is 6.07 Å². The van der Waals surface area contributed by atoms with E-state index < -0.39 is 15.8 Å². The fraction of sp³-hybridized carbons (Fsp3) is 0.143. The maximum Gasteiger partial charge on any atom is 0.213 e. The van der Waals surface area contributed by atoms with Gasteiger partial charge in [0.25, 0.3) is 0 Å². The Labute approximate surface area is 127 Å². The van der Waals surface area contributed by atoms with Gasteiger partial charge in [0, 0.05) is 12.2 Å². The number of anilines is 1. The van der Waals surface area contributed by atoms with Gasteiger partial charge in [-0.25, -0.2) is 17.9 Å². The number of primary sulfonamides is 1. The first-order valence-corrected chi connectivity index (χ1v) is 8.20. The summed E-state index contributed by atoms with van der Waals surface area (Å²) in [4.78, 5) is 0. The monoisotopic (exact) mass is 328 g/mol. The summed E-state index contributed by atoms with van der Waals surface area (Å²) in [5.41, 5.74) is 2.27. The number of benzene rings is 2. The third-order valence-electron chi connectivity index (χ3n) is 2.80. The van der Waals surface area contributed by atoms with Crippen LogP contribution in [0.2, 0.25) is 5.02 Å². The van der Waals surface area contributed by atoms with Crippen LogP contribution in [0.3, 0.4) is 0 Å². The first-order chi connectivity index (χ1) is 9.83. The van der Waals surface area contributed by atoms with Crippen molar-refractivity contribution in [1.82, 2.24) is 0 Å². The van der Waals surface area contributed by atoms with Crippen molar-refractivity contribution in [1.29, 1.82) is 0 Å². The standard InChI is InChI=1S/C14H14ClFN2O2S/c15-13-7-11(3-6-14(13)16)8-18-12-4-1-10(2-5-12)9-21(17,19)20/h1-7,18H,8-9H2,(H2,17,19,20). The molecule has 0 fully saturated rings. The molecule has 0 saturated heterocycles. The summed E-state index contributed by atoms with van der Waals surface area (Å²) >= 11 is 5.71. The molecule has 0 radical (unpaired) electrons. The summed E-state index contributed by atoms with van der Waals surface area (Å²) in [7, 11) is -3.52. The number of sulfonamides is 1. The Bertz CT molecular complexity index is 733. The molecule has 0 unspecified atom stereocenters. The number of nitrogens with one attached hydrogen (secondary N) is 1. The van der Waals surface area contributed by atoms with E-state index in [0.29, 0.717) is 12.1 Å². The molecule has 0 aliphatic carbocycles. The van der Waals surface area contributed by atoms with Crippen molar-refractivity contribution in [2.24, 2.45) is 5.14 Å². The highest BCUT2D eigenvalue weighted by molar-refractivity contribution is 7.88. The molecule has 2 rings (SSSR count). The molecule has 4 nitrogen and oxygen atoms in total. The van der Waals surface area contributed by atoms with E-state index in [1.807, 2.05) is 0 Å². The summed E-state index contributed by atoms with van der Waals surface area (Å²) in [5.74, 6) is -0.645. The first kappa shape index (κ1) is 15.8. The van der Waals surface area contributed by atoms with Crippen molar-refractivity contribution < 1.29 is 12.8 Å². The summed E-state index contributed by atoms with van der Waals surface area (Å²) < 4.78 is 35.0. The average molecular weight is 329 g/mol. The lowest BCUT2D eigenvalue weighted by atomic mass is 10.2. The predicted octanol–water partition coefficient (Wildman–Crippen LogP) is 2.88. The minimum absolute atomic E-state index is 0.0813. The van der Waals surface area contributed by atoms with E-state index in [2.05, 4.69) is 5.32 Å². The fourth-order valence-electron chi connectivity index (χ4n) is 1.80. The quantitative estimate of drug-likeness (QED) is 0.886. The molecule has 112 valence electrons. The molecule has 2 aromatic carbocycles. The normalized spacial score (nSPS) is 11.4. The molecule has 0 atom stereocenters. The molecular formula is C14H14ClFN2O2S. The van der Waals surface area contributed by atoms with Crippen molar-refractivity contribution >= 4 is 27.3 Å². The second-order valence-electron chi connectivity index (χ2n) is 4.61. The summed E-state index contributed by atoms with van der Waals surface area (Å²) in [6.45, 7) is 0.481. The summed E-state index contributed by atoms with van der Waals surface area (Å²) in [5, 5.41) is 8.20. The van der Waals surface area contributed by atoms with Crippen LogP contribution in [0.5, 0.6) is 0 Å². The second kappa shape index (κ2) is 6.43. The smallest absolute Gasteiger partial charge is 0.213 e. The van der Waals surface area contributed by atoms with Crippen LogP contribution in [0.15, 0.2) is 42.5 Å². The molecule has 0 heterocycles. The van der Waals surface area contributed by atoms with Crippen LogP contribution in [-0.4, -0.2) is 8.42 Å². The van der Waals surface area contributed by atoms with Crippen LogP contribution in [0.25, 0.3) is 0 Å². The second-order valence-corrected chi connectivity index (χ2v) is 6.63. The number of hydrogen-bond acceptors (Lipinski definition) is 3. The van der Waals surface area contributed by atoms with Crippen molar-refractivity contribution in [3.05, 3.63) is 64.4 Å². The Balaban J connectivity index is 1.99. The van der Waals surface area contributed by atoms with Gasteiger partial charge in [0.2, 0.25) is 10.0 Å². The van der Waals surface area contributed by atoms with Gasteiger partial charge >= 0.3 is 0 Å². The molecule has 3 N–H and O–H groups in total. The van der Waals surface area contributed by atoms with Crippen LogP contribution in [-0.2, 0) is 22.3 Å². The summed E-state index contributed by atoms with van der Waals surface area (Å²) in [6, 6.07) is 11.4. The Hall–Kier alpha value is -1.63. The fourth-order valence-corrected chi connectivity index (χ4v) is 2.67. The van der Waals surface area contributed by atoms with Crippen molar-refractivity contribution in [3.8, 4) is 0 Å². The number of hydrogen-bond donors (Lipinski definition) is 2. The average Bonchev–Trinajstić information content (AvgIpc) is 2.40. The summed E-state index contributed by atoms with van der Waals surface area (Å²) in [6.07, 6.45) is 0. The molecule has 0 aliphatic rings. The van der Waals surface area contributed by atoms with E-state index >= 15 is 0 Å². The topological polar surface area (TPSA) is 72.2 Å². The molecule has 0 aliphatic heterocycles. The van der Waals surface area contributed by atoms with E-state index in [-0.39, 0.29) is 10.8 Å². The molecule has 0 amide bonds. The highest BCUT2D eigenvalue weighted by Gasteiger charge is 2.05. The Morgan fingerprint density at radius 3 is 2.29 bits per heavy atom. The number of nitrogens with two attached hydrogens (primary N) is 1. The molecular weight excluding hydrogens is 315 g/mol. The van der Waals surface area contributed by atoms with Gasteiger partial charge in [0.15, 0.2) is 0 Å². The highest BCUT2D eigenvalue weighted by atomic mass is 35.5. The minimum atomic E-state index is -3.52. The van der Waals surface area contributed by atoms with Gasteiger partial charge < -0.3 is 5.32 Å². The minimum Gasteiger partial charge on any atom is -0.381 e. The van der Waals surface area contributed by atoms with Crippen LogP contribution >= 0.6 is 11.6 Å². The van der Waals surface area contributed by atoms with Gasteiger partial charge in [-0.2, -0.15) is 0 Å². The number of halogens is 2. The zero-order valence-electron chi connectivity index (χ0n) is 11.0. The van der Waals surface area contributed by atoms with Gasteiger partial charge in [0.05, 0.1) is 10.8 Å². The van der Waals surface area contributed by atoms with E-state index in [1.54, 1.807) is 36.4 Å². The first-order valence-electron chi connectivity index (χ1n) is 6.11. The van der Waals surface area contributed by atoms with Crippen molar-refractivity contribution in [3.63, 3.8) is 0 Å². The molecule has 0 aromatic heterocycles. The molecule has 2 aromatic rings. The Kier molecular flexibility index (Phi) is 4.82. The highest BCUT2D eigenvalue weighted by Crippen LogP contribution is 2.17. The predicted molar refractivity (Wildman–Crippen MR) is 82.0 cm³/mol. The zero-order valence-corrected chi connectivity index (χ0v) is 12.6. The Morgan fingerprint density at radius 2 is 1.71 bits per heavy atom. The van der Waals surface area contributed by atoms with Crippen LogP contribution < -0.4 is 10.5 Å². The van der Waals surface area contributed by atoms with Crippen molar-refractivity contribution in [2.45, 2.75) is 12.3 Å². The third kappa shape index (κ3) is 5.00. The molecule has 0 bridgehead atoms. The lowest BCUT2D eigenvalue weighted by Crippen LogP contribution is -2.14. The van der Waals surface area contributed by atoms with Crippen LogP contribution in [0.1, 0.15) is 11.1 Å². The van der Waals surface area contributed by atoms with E-state index in [9.17, 15) is 12.8 Å². The lowest BCUT2D eigenvalue weighted by molar-refractivity contribution is 0.597. The van der Waals surface area contributed by atoms with Crippen LogP contribution in [0, 0.1) is 5.82 Å². The number of rotatable bonds is 5. The van der Waals surface area contributed by atoms with Crippen LogP contribution in [0.4, 0.5) is 10.1 Å². The maximum atomic E-state index is 13.0.